The van der Waals surface area contributed by atoms with Crippen molar-refractivity contribution in [3.05, 3.63) is 60.2 Å². The molecule has 5 heteroatoms. The quantitative estimate of drug-likeness (QED) is 0.678. The maximum Gasteiger partial charge on any atom is 0.213 e. The minimum atomic E-state index is -0.528. The van der Waals surface area contributed by atoms with Gasteiger partial charge in [-0.15, -0.1) is 0 Å². The lowest BCUT2D eigenvalue weighted by Crippen LogP contribution is -2.24. The molecule has 0 radical (unpaired) electrons. The zero-order valence-corrected chi connectivity index (χ0v) is 11.6. The van der Waals surface area contributed by atoms with E-state index < -0.39 is 6.10 Å². The van der Waals surface area contributed by atoms with Crippen molar-refractivity contribution in [3.63, 3.8) is 0 Å². The van der Waals surface area contributed by atoms with E-state index in [0.29, 0.717) is 25.3 Å². The molecule has 0 saturated carbocycles. The van der Waals surface area contributed by atoms with Crippen molar-refractivity contribution >= 4 is 10.8 Å². The van der Waals surface area contributed by atoms with Crippen molar-refractivity contribution in [1.29, 1.82) is 0 Å². The molecule has 3 rings (SSSR count). The number of fused-ring (bicyclic) bond motifs is 1. The lowest BCUT2D eigenvalue weighted by atomic mass is 10.0. The summed E-state index contributed by atoms with van der Waals surface area (Å²) in [5.41, 5.74) is 0.917. The molecule has 0 amide bonds. The summed E-state index contributed by atoms with van der Waals surface area (Å²) in [6.07, 6.45) is 1.47. The molecule has 1 atom stereocenters. The molecular formula is C16H17N3O2. The Balaban J connectivity index is 1.55. The first-order valence-electron chi connectivity index (χ1n) is 6.95. The summed E-state index contributed by atoms with van der Waals surface area (Å²) in [5, 5.41) is 19.5. The molecule has 21 heavy (non-hydrogen) atoms. The van der Waals surface area contributed by atoms with Gasteiger partial charge in [-0.3, -0.25) is 0 Å². The number of aliphatic hydroxyl groups excluding tert-OH is 1. The third-order valence-corrected chi connectivity index (χ3v) is 3.43. The van der Waals surface area contributed by atoms with Gasteiger partial charge in [-0.05, 0) is 22.4 Å². The number of hydrogen-bond acceptors (Lipinski definition) is 5. The molecule has 2 N–H and O–H groups in total. The average Bonchev–Trinajstić information content (AvgIpc) is 3.04. The van der Waals surface area contributed by atoms with Gasteiger partial charge in [-0.25, -0.2) is 0 Å². The second kappa shape index (κ2) is 6.47. The minimum Gasteiger partial charge on any atom is -0.387 e. The Kier molecular flexibility index (Phi) is 4.23. The van der Waals surface area contributed by atoms with Crippen LogP contribution in [0.15, 0.2) is 53.4 Å². The van der Waals surface area contributed by atoms with Crippen LogP contribution < -0.4 is 5.32 Å². The molecule has 0 saturated heterocycles. The average molecular weight is 283 g/mol. The van der Waals surface area contributed by atoms with Crippen LogP contribution in [0.25, 0.3) is 10.8 Å². The van der Waals surface area contributed by atoms with Crippen LogP contribution >= 0.6 is 0 Å². The van der Waals surface area contributed by atoms with E-state index in [1.54, 1.807) is 0 Å². The third-order valence-electron chi connectivity index (χ3n) is 3.43. The largest absolute Gasteiger partial charge is 0.387 e. The summed E-state index contributed by atoms with van der Waals surface area (Å²) in [6, 6.07) is 14.2. The first-order chi connectivity index (χ1) is 10.3. The first-order valence-corrected chi connectivity index (χ1v) is 6.95. The Bertz CT molecular complexity index is 698. The second-order valence-corrected chi connectivity index (χ2v) is 4.92. The topological polar surface area (TPSA) is 71.2 Å². The molecule has 0 aliphatic rings. The maximum absolute atomic E-state index is 10.2. The standard InChI is InChI=1S/C16H17N3O2/c20-15(10-17-8-7-16-18-11-21-19-16)14-6-5-12-3-1-2-4-13(12)9-14/h1-6,9,11,15,17,20H,7-8,10H2. The van der Waals surface area contributed by atoms with Crippen LogP contribution in [0.1, 0.15) is 17.5 Å². The summed E-state index contributed by atoms with van der Waals surface area (Å²) in [5.74, 6) is 0.669. The molecule has 1 aromatic heterocycles. The zero-order chi connectivity index (χ0) is 14.5. The monoisotopic (exact) mass is 283 g/mol. The Morgan fingerprint density at radius 3 is 2.81 bits per heavy atom. The summed E-state index contributed by atoms with van der Waals surface area (Å²) in [7, 11) is 0. The van der Waals surface area contributed by atoms with Gasteiger partial charge in [0.15, 0.2) is 5.82 Å². The lowest BCUT2D eigenvalue weighted by molar-refractivity contribution is 0.175. The number of hydrogen-bond donors (Lipinski definition) is 2. The van der Waals surface area contributed by atoms with Crippen molar-refractivity contribution in [2.24, 2.45) is 0 Å². The zero-order valence-electron chi connectivity index (χ0n) is 11.6. The highest BCUT2D eigenvalue weighted by Gasteiger charge is 2.08. The van der Waals surface area contributed by atoms with E-state index in [1.165, 1.54) is 11.8 Å². The fourth-order valence-corrected chi connectivity index (χ4v) is 2.27. The fourth-order valence-electron chi connectivity index (χ4n) is 2.27. The van der Waals surface area contributed by atoms with Gasteiger partial charge in [0.1, 0.15) is 0 Å². The van der Waals surface area contributed by atoms with E-state index in [2.05, 4.69) is 32.1 Å². The minimum absolute atomic E-state index is 0.496. The molecule has 0 fully saturated rings. The van der Waals surface area contributed by atoms with Gasteiger partial charge in [0.2, 0.25) is 6.39 Å². The van der Waals surface area contributed by atoms with Crippen LogP contribution in [0.3, 0.4) is 0 Å². The number of rotatable bonds is 6. The van der Waals surface area contributed by atoms with Gasteiger partial charge in [-0.2, -0.15) is 4.98 Å². The highest BCUT2D eigenvalue weighted by molar-refractivity contribution is 5.83. The summed E-state index contributed by atoms with van der Waals surface area (Å²) >= 11 is 0. The molecule has 108 valence electrons. The van der Waals surface area contributed by atoms with Crippen LogP contribution in [-0.4, -0.2) is 28.3 Å². The Morgan fingerprint density at radius 1 is 1.14 bits per heavy atom. The van der Waals surface area contributed by atoms with E-state index in [0.717, 1.165) is 10.9 Å². The Labute approximate surface area is 122 Å². The predicted octanol–water partition coefficient (Wildman–Crippen LogP) is 2.09. The summed E-state index contributed by atoms with van der Waals surface area (Å²) in [6.45, 7) is 1.19. The highest BCUT2D eigenvalue weighted by Crippen LogP contribution is 2.19. The van der Waals surface area contributed by atoms with Crippen molar-refractivity contribution < 1.29 is 9.63 Å². The van der Waals surface area contributed by atoms with Crippen LogP contribution in [0, 0.1) is 0 Å². The van der Waals surface area contributed by atoms with Gasteiger partial charge < -0.3 is 14.9 Å². The second-order valence-electron chi connectivity index (χ2n) is 4.92. The van der Waals surface area contributed by atoms with E-state index in [4.69, 9.17) is 0 Å². The molecule has 5 nitrogen and oxygen atoms in total. The van der Waals surface area contributed by atoms with E-state index in [1.807, 2.05) is 30.3 Å². The number of nitrogens with zero attached hydrogens (tertiary/aromatic N) is 2. The molecular weight excluding hydrogens is 266 g/mol. The molecule has 3 aromatic rings. The molecule has 1 unspecified atom stereocenters. The summed E-state index contributed by atoms with van der Waals surface area (Å²) < 4.78 is 4.66. The number of benzene rings is 2. The van der Waals surface area contributed by atoms with Gasteiger partial charge in [0.25, 0.3) is 0 Å². The van der Waals surface area contributed by atoms with E-state index in [9.17, 15) is 5.11 Å². The van der Waals surface area contributed by atoms with Crippen molar-refractivity contribution in [3.8, 4) is 0 Å². The van der Waals surface area contributed by atoms with Crippen LogP contribution in [0.5, 0.6) is 0 Å². The number of nitrogens with one attached hydrogen (secondary N) is 1. The van der Waals surface area contributed by atoms with Gasteiger partial charge in [-0.1, -0.05) is 41.6 Å². The molecule has 0 spiro atoms. The lowest BCUT2D eigenvalue weighted by Gasteiger charge is -2.12. The van der Waals surface area contributed by atoms with Crippen molar-refractivity contribution in [2.75, 3.05) is 13.1 Å². The van der Waals surface area contributed by atoms with Gasteiger partial charge >= 0.3 is 0 Å². The van der Waals surface area contributed by atoms with Crippen molar-refractivity contribution in [1.82, 2.24) is 15.5 Å². The smallest absolute Gasteiger partial charge is 0.213 e. The molecule has 2 aromatic carbocycles. The molecule has 0 aliphatic carbocycles. The first kappa shape index (κ1) is 13.7. The summed E-state index contributed by atoms with van der Waals surface area (Å²) in [4.78, 5) is 3.94. The number of aliphatic hydroxyl groups is 1. The van der Waals surface area contributed by atoms with Crippen LogP contribution in [-0.2, 0) is 6.42 Å². The number of aromatic nitrogens is 2. The Hall–Kier alpha value is -2.24. The van der Waals surface area contributed by atoms with Crippen molar-refractivity contribution in [2.45, 2.75) is 12.5 Å². The fraction of sp³-hybridized carbons (Fsp3) is 0.250. The van der Waals surface area contributed by atoms with Gasteiger partial charge in [0, 0.05) is 19.5 Å². The molecule has 0 aliphatic heterocycles. The molecule has 0 bridgehead atoms. The highest BCUT2D eigenvalue weighted by atomic mass is 16.5. The normalized spacial score (nSPS) is 12.6. The van der Waals surface area contributed by atoms with Crippen LogP contribution in [0.2, 0.25) is 0 Å². The maximum atomic E-state index is 10.2. The SMILES string of the molecule is OC(CNCCc1ncon1)c1ccc2ccccc2c1. The third kappa shape index (κ3) is 3.45. The van der Waals surface area contributed by atoms with E-state index >= 15 is 0 Å². The van der Waals surface area contributed by atoms with Gasteiger partial charge in [0.05, 0.1) is 6.10 Å². The predicted molar refractivity (Wildman–Crippen MR) is 79.8 cm³/mol. The van der Waals surface area contributed by atoms with Crippen LogP contribution in [0.4, 0.5) is 0 Å². The van der Waals surface area contributed by atoms with E-state index in [-0.39, 0.29) is 0 Å². The Morgan fingerprint density at radius 2 is 2.00 bits per heavy atom. The molecule has 1 heterocycles.